The first-order valence-corrected chi connectivity index (χ1v) is 6.37. The normalized spacial score (nSPS) is 19.9. The molecule has 0 aliphatic heterocycles. The molecule has 0 heterocycles. The molecule has 0 unspecified atom stereocenters. The Morgan fingerprint density at radius 3 is 2.00 bits per heavy atom. The number of Topliss-reactive ketones (excluding diaryl/α,β-unsaturated/α-hetero) is 1. The number of carbonyl (C=O) groups is 1. The molecule has 0 radical (unpaired) electrons. The van der Waals surface area contributed by atoms with Crippen molar-refractivity contribution in [3.05, 3.63) is 0 Å². The summed E-state index contributed by atoms with van der Waals surface area (Å²) in [4.78, 5) is 11.4. The van der Waals surface area contributed by atoms with Crippen LogP contribution in [0.3, 0.4) is 0 Å². The van der Waals surface area contributed by atoms with Crippen LogP contribution in [0, 0.1) is 11.8 Å². The van der Waals surface area contributed by atoms with Crippen molar-refractivity contribution in [2.24, 2.45) is 0 Å². The molecule has 0 aromatic rings. The minimum Gasteiger partial charge on any atom is -0.300 e. The molecule has 0 bridgehead atoms. The van der Waals surface area contributed by atoms with Gasteiger partial charge in [0.2, 0.25) is 0 Å². The molecule has 1 rings (SSSR count). The van der Waals surface area contributed by atoms with Gasteiger partial charge in [0.25, 0.3) is 0 Å². The summed E-state index contributed by atoms with van der Waals surface area (Å²) in [5.41, 5.74) is 0. The van der Waals surface area contributed by atoms with Gasteiger partial charge < -0.3 is 0 Å². The molecule has 0 spiro atoms. The van der Waals surface area contributed by atoms with Crippen molar-refractivity contribution in [2.75, 3.05) is 0 Å². The summed E-state index contributed by atoms with van der Waals surface area (Å²) < 4.78 is 0. The van der Waals surface area contributed by atoms with Gasteiger partial charge in [0.05, 0.1) is 0 Å². The maximum absolute atomic E-state index is 11.4. The van der Waals surface area contributed by atoms with Gasteiger partial charge in [-0.3, -0.25) is 4.79 Å². The van der Waals surface area contributed by atoms with Crippen LogP contribution in [0.4, 0.5) is 0 Å². The van der Waals surface area contributed by atoms with Gasteiger partial charge in [-0.05, 0) is 12.8 Å². The fourth-order valence-corrected chi connectivity index (χ4v) is 1.92. The van der Waals surface area contributed by atoms with Crippen molar-refractivity contribution in [3.63, 3.8) is 0 Å². The Balaban J connectivity index is 0.00000225. The Bertz CT molecular complexity index is 237. The molecule has 0 atom stereocenters. The predicted molar refractivity (Wildman–Crippen MR) is 70.8 cm³/mol. The molecule has 0 saturated heterocycles. The maximum atomic E-state index is 11.4. The zero-order chi connectivity index (χ0) is 10.8. The Morgan fingerprint density at radius 1 is 0.688 bits per heavy atom. The van der Waals surface area contributed by atoms with E-state index in [0.29, 0.717) is 12.2 Å². The minimum atomic E-state index is 0. The van der Waals surface area contributed by atoms with Gasteiger partial charge in [-0.15, -0.1) is 24.2 Å². The number of rotatable bonds is 0. The van der Waals surface area contributed by atoms with Crippen molar-refractivity contribution in [2.45, 2.75) is 70.6 Å². The quantitative estimate of drug-likeness (QED) is 0.580. The molecular formula is C14H23ClO. The number of halogens is 1. The highest BCUT2D eigenvalue weighted by Crippen LogP contribution is 2.11. The van der Waals surface area contributed by atoms with E-state index in [0.717, 1.165) is 25.7 Å². The van der Waals surface area contributed by atoms with Gasteiger partial charge in [-0.1, -0.05) is 32.1 Å². The van der Waals surface area contributed by atoms with Crippen LogP contribution >= 0.6 is 12.4 Å². The van der Waals surface area contributed by atoms with Crippen LogP contribution in [0.1, 0.15) is 70.6 Å². The molecule has 1 aliphatic rings. The fraction of sp³-hybridized carbons (Fsp3) is 0.786. The lowest BCUT2D eigenvalue weighted by Gasteiger charge is -2.02. The van der Waals surface area contributed by atoms with Gasteiger partial charge in [-0.25, -0.2) is 0 Å². The Morgan fingerprint density at radius 2 is 1.25 bits per heavy atom. The summed E-state index contributed by atoms with van der Waals surface area (Å²) in [5, 5.41) is 0. The highest BCUT2D eigenvalue weighted by atomic mass is 35.5. The van der Waals surface area contributed by atoms with E-state index in [9.17, 15) is 4.79 Å². The fourth-order valence-electron chi connectivity index (χ4n) is 1.92. The summed E-state index contributed by atoms with van der Waals surface area (Å²) in [7, 11) is 0. The average Bonchev–Trinajstić information content (AvgIpc) is 2.24. The van der Waals surface area contributed by atoms with Crippen LogP contribution in [0.15, 0.2) is 0 Å². The van der Waals surface area contributed by atoms with Crippen LogP contribution in [-0.4, -0.2) is 5.78 Å². The largest absolute Gasteiger partial charge is 0.300 e. The lowest BCUT2D eigenvalue weighted by Crippen LogP contribution is -1.97. The molecule has 16 heavy (non-hydrogen) atoms. The third-order valence-electron chi connectivity index (χ3n) is 2.91. The van der Waals surface area contributed by atoms with E-state index in [-0.39, 0.29) is 12.4 Å². The molecule has 0 aromatic heterocycles. The Labute approximate surface area is 106 Å². The van der Waals surface area contributed by atoms with Crippen LogP contribution in [-0.2, 0) is 4.79 Å². The van der Waals surface area contributed by atoms with Crippen LogP contribution in [0.25, 0.3) is 0 Å². The lowest BCUT2D eigenvalue weighted by atomic mass is 10.0. The average molecular weight is 243 g/mol. The second-order valence-corrected chi connectivity index (χ2v) is 4.37. The smallest absolute Gasteiger partial charge is 0.133 e. The first-order valence-electron chi connectivity index (χ1n) is 6.37. The topological polar surface area (TPSA) is 17.1 Å². The monoisotopic (exact) mass is 242 g/mol. The second kappa shape index (κ2) is 11.0. The molecule has 0 amide bonds. The first-order chi connectivity index (χ1) is 7.39. The SMILES string of the molecule is Cl.O=C1CCC#CCCCCCCCCC1. The molecule has 1 nitrogen and oxygen atoms in total. The van der Waals surface area contributed by atoms with Crippen molar-refractivity contribution in [1.82, 2.24) is 0 Å². The van der Waals surface area contributed by atoms with E-state index in [2.05, 4.69) is 11.8 Å². The van der Waals surface area contributed by atoms with E-state index < -0.39 is 0 Å². The van der Waals surface area contributed by atoms with Crippen LogP contribution < -0.4 is 0 Å². The van der Waals surface area contributed by atoms with Crippen LogP contribution in [0.5, 0.6) is 0 Å². The van der Waals surface area contributed by atoms with E-state index in [4.69, 9.17) is 0 Å². The number of ketones is 1. The summed E-state index contributed by atoms with van der Waals surface area (Å²) in [5.74, 6) is 6.66. The summed E-state index contributed by atoms with van der Waals surface area (Å²) in [6, 6.07) is 0. The van der Waals surface area contributed by atoms with Gasteiger partial charge >= 0.3 is 0 Å². The number of hydrogen-bond donors (Lipinski definition) is 0. The third-order valence-corrected chi connectivity index (χ3v) is 2.91. The Hall–Kier alpha value is -0.480. The van der Waals surface area contributed by atoms with Crippen molar-refractivity contribution >= 4 is 18.2 Å². The maximum Gasteiger partial charge on any atom is 0.133 e. The zero-order valence-corrected chi connectivity index (χ0v) is 10.9. The van der Waals surface area contributed by atoms with Gasteiger partial charge in [-0.2, -0.15) is 0 Å². The van der Waals surface area contributed by atoms with Crippen molar-refractivity contribution < 1.29 is 4.79 Å². The molecule has 1 aliphatic carbocycles. The van der Waals surface area contributed by atoms with E-state index in [1.54, 1.807) is 0 Å². The van der Waals surface area contributed by atoms with Gasteiger partial charge in [0.1, 0.15) is 5.78 Å². The van der Waals surface area contributed by atoms with Gasteiger partial charge in [0.15, 0.2) is 0 Å². The van der Waals surface area contributed by atoms with E-state index in [1.165, 1.54) is 38.5 Å². The lowest BCUT2D eigenvalue weighted by molar-refractivity contribution is -0.119. The number of carbonyl (C=O) groups excluding carboxylic acids is 1. The molecule has 2 heteroatoms. The standard InChI is InChI=1S/C14H22O.ClH/c15-14-12-10-8-6-4-2-1-3-5-7-9-11-13-14;/h1-6,8,10-13H2;1H. The molecule has 0 saturated carbocycles. The predicted octanol–water partition coefficient (Wildman–Crippen LogP) is 4.29. The summed E-state index contributed by atoms with van der Waals surface area (Å²) in [6.45, 7) is 0. The molecule has 0 fully saturated rings. The van der Waals surface area contributed by atoms with Crippen molar-refractivity contribution in [1.29, 1.82) is 0 Å². The van der Waals surface area contributed by atoms with E-state index >= 15 is 0 Å². The Kier molecular flexibility index (Phi) is 10.7. The van der Waals surface area contributed by atoms with Gasteiger partial charge in [0, 0.05) is 25.7 Å². The third kappa shape index (κ3) is 8.80. The highest BCUT2D eigenvalue weighted by Gasteiger charge is 2.00. The number of hydrogen-bond acceptors (Lipinski definition) is 1. The molecule has 0 N–H and O–H groups in total. The summed E-state index contributed by atoms with van der Waals surface area (Å²) in [6.07, 6.45) is 12.1. The molecular weight excluding hydrogens is 220 g/mol. The first kappa shape index (κ1) is 15.5. The highest BCUT2D eigenvalue weighted by molar-refractivity contribution is 5.85. The van der Waals surface area contributed by atoms with Crippen LogP contribution in [0.2, 0.25) is 0 Å². The molecule has 0 aromatic carbocycles. The minimum absolute atomic E-state index is 0. The van der Waals surface area contributed by atoms with Crippen molar-refractivity contribution in [3.8, 4) is 11.8 Å². The van der Waals surface area contributed by atoms with E-state index in [1.807, 2.05) is 0 Å². The molecule has 92 valence electrons. The second-order valence-electron chi connectivity index (χ2n) is 4.37. The zero-order valence-electron chi connectivity index (χ0n) is 10.1. The summed E-state index contributed by atoms with van der Waals surface area (Å²) >= 11 is 0.